The van der Waals surface area contributed by atoms with Gasteiger partial charge in [0.05, 0.1) is 12.6 Å². The van der Waals surface area contributed by atoms with E-state index < -0.39 is 11.9 Å². The van der Waals surface area contributed by atoms with Gasteiger partial charge in [-0.2, -0.15) is 5.06 Å². The summed E-state index contributed by atoms with van der Waals surface area (Å²) >= 11 is 6.29. The fourth-order valence-corrected chi connectivity index (χ4v) is 3.44. The van der Waals surface area contributed by atoms with Crippen LogP contribution in [0.1, 0.15) is 24.0 Å². The number of nitrogens with zero attached hydrogens (tertiary/aromatic N) is 2. The maximum Gasteiger partial charge on any atom is 0.356 e. The van der Waals surface area contributed by atoms with Gasteiger partial charge in [0.15, 0.2) is 0 Å². The Labute approximate surface area is 149 Å². The van der Waals surface area contributed by atoms with Gasteiger partial charge >= 0.3 is 18.0 Å². The maximum absolute atomic E-state index is 11.6. The summed E-state index contributed by atoms with van der Waals surface area (Å²) in [4.78, 5) is 32.6. The number of ether oxygens (including phenoxy) is 1. The molecule has 0 N–H and O–H groups in total. The van der Waals surface area contributed by atoms with E-state index in [1.54, 1.807) is 0 Å². The quantitative estimate of drug-likeness (QED) is 0.760. The number of hydrogen-bond donors (Lipinski definition) is 0. The minimum Gasteiger partial charge on any atom is -0.387 e. The van der Waals surface area contributed by atoms with E-state index in [1.165, 1.54) is 16.2 Å². The lowest BCUT2D eigenvalue weighted by Gasteiger charge is -2.20. The molecule has 25 heavy (non-hydrogen) atoms. The van der Waals surface area contributed by atoms with Crippen molar-refractivity contribution in [2.45, 2.75) is 25.3 Å². The van der Waals surface area contributed by atoms with Crippen molar-refractivity contribution in [1.82, 2.24) is 5.06 Å². The van der Waals surface area contributed by atoms with E-state index in [4.69, 9.17) is 21.2 Å². The molecule has 0 spiro atoms. The minimum atomic E-state index is -0.640. The van der Waals surface area contributed by atoms with E-state index in [9.17, 15) is 9.59 Å². The molecule has 0 bridgehead atoms. The average molecular weight is 359 g/mol. The number of halogens is 1. The van der Waals surface area contributed by atoms with E-state index in [0.717, 1.165) is 35.6 Å². The molecule has 3 aliphatic rings. The molecule has 1 aromatic carbocycles. The van der Waals surface area contributed by atoms with Crippen molar-refractivity contribution in [1.29, 1.82) is 0 Å². The van der Waals surface area contributed by atoms with Crippen LogP contribution in [0.2, 0.25) is 5.02 Å². The topological polar surface area (TPSA) is 68.2 Å². The summed E-state index contributed by atoms with van der Waals surface area (Å²) in [5, 5.41) is 1.98. The Hall–Kier alpha value is -2.60. The molecular weight excluding hydrogens is 344 g/mol. The molecule has 1 aromatic rings. The molecule has 7 heteroatoms. The zero-order chi connectivity index (χ0) is 17.4. The zero-order valence-corrected chi connectivity index (χ0v) is 14.0. The highest BCUT2D eigenvalue weighted by molar-refractivity contribution is 6.32. The normalized spacial score (nSPS) is 23.4. The summed E-state index contributed by atoms with van der Waals surface area (Å²) in [6, 6.07) is 5.81. The monoisotopic (exact) mass is 358 g/mol. The van der Waals surface area contributed by atoms with Crippen LogP contribution in [0.4, 0.5) is 0 Å². The van der Waals surface area contributed by atoms with Crippen molar-refractivity contribution in [2.75, 3.05) is 6.54 Å². The molecule has 1 aliphatic carbocycles. The van der Waals surface area contributed by atoms with Gasteiger partial charge < -0.3 is 9.57 Å². The third-order valence-corrected chi connectivity index (χ3v) is 4.67. The van der Waals surface area contributed by atoms with E-state index >= 15 is 0 Å². The van der Waals surface area contributed by atoms with Gasteiger partial charge in [-0.05, 0) is 36.5 Å². The number of carbonyl (C=O) groups excluding carboxylic acids is 2. The van der Waals surface area contributed by atoms with Crippen LogP contribution in [0, 0.1) is 0 Å². The molecule has 1 unspecified atom stereocenters. The highest BCUT2D eigenvalue weighted by Crippen LogP contribution is 2.32. The lowest BCUT2D eigenvalue weighted by molar-refractivity contribution is -0.171. The number of aliphatic imine (C=N–C) groups is 1. The Bertz CT molecular complexity index is 843. The van der Waals surface area contributed by atoms with Gasteiger partial charge in [0, 0.05) is 17.2 Å². The number of amidine groups is 1. The lowest BCUT2D eigenvalue weighted by atomic mass is 9.89. The molecule has 0 saturated carbocycles. The van der Waals surface area contributed by atoms with E-state index in [2.05, 4.69) is 17.1 Å². The fraction of sp³-hybridized carbons (Fsp3) is 0.278. The third kappa shape index (κ3) is 3.30. The first-order valence-electron chi connectivity index (χ1n) is 8.02. The Kier molecular flexibility index (Phi) is 4.05. The Morgan fingerprint density at radius 2 is 2.04 bits per heavy atom. The van der Waals surface area contributed by atoms with Crippen molar-refractivity contribution in [3.05, 3.63) is 52.1 Å². The first kappa shape index (κ1) is 15.9. The first-order chi connectivity index (χ1) is 12.1. The number of hydroxylamine groups is 2. The second kappa shape index (κ2) is 6.37. The molecule has 0 saturated heterocycles. The molecule has 128 valence electrons. The largest absolute Gasteiger partial charge is 0.387 e. The molecule has 0 radical (unpaired) electrons. The fourth-order valence-electron chi connectivity index (χ4n) is 3.19. The van der Waals surface area contributed by atoms with Gasteiger partial charge in [-0.25, -0.2) is 14.6 Å². The number of rotatable bonds is 2. The second-order valence-electron chi connectivity index (χ2n) is 6.11. The number of benzene rings is 1. The summed E-state index contributed by atoms with van der Waals surface area (Å²) in [7, 11) is 0. The van der Waals surface area contributed by atoms with Crippen LogP contribution in [0.15, 0.2) is 40.9 Å². The van der Waals surface area contributed by atoms with Gasteiger partial charge in [-0.3, -0.25) is 0 Å². The van der Waals surface area contributed by atoms with Gasteiger partial charge in [0.25, 0.3) is 0 Å². The highest BCUT2D eigenvalue weighted by Gasteiger charge is 2.33. The van der Waals surface area contributed by atoms with Crippen LogP contribution in [-0.2, 0) is 25.6 Å². The Morgan fingerprint density at radius 1 is 1.20 bits per heavy atom. The standard InChI is InChI=1S/C18H15ClN2O4/c19-15-3-1-2-12-5-4-11(9-14(12)15)8-13-10-21-18(20-13)24-16(22)6-7-17(23)25-21/h1-3,6-7,9,13H,4-5,8,10H2/b7-6+. The van der Waals surface area contributed by atoms with Crippen molar-refractivity contribution in [3.8, 4) is 0 Å². The van der Waals surface area contributed by atoms with Crippen LogP contribution >= 0.6 is 11.6 Å². The number of aryl methyl sites for hydroxylation is 1. The Morgan fingerprint density at radius 3 is 2.92 bits per heavy atom. The predicted molar refractivity (Wildman–Crippen MR) is 91.6 cm³/mol. The van der Waals surface area contributed by atoms with Gasteiger partial charge in [0.2, 0.25) is 0 Å². The van der Waals surface area contributed by atoms with Gasteiger partial charge in [0.1, 0.15) is 0 Å². The van der Waals surface area contributed by atoms with Crippen LogP contribution in [0.5, 0.6) is 0 Å². The lowest BCUT2D eigenvalue weighted by Crippen LogP contribution is -2.35. The molecule has 0 aromatic heterocycles. The van der Waals surface area contributed by atoms with Gasteiger partial charge in [-0.15, -0.1) is 0 Å². The SMILES string of the molecule is O=C1/C=C/C(=O)ON2CC(CC3=Cc4c(Cl)cccc4CC3)N=C2O1. The summed E-state index contributed by atoms with van der Waals surface area (Å²) in [5.41, 5.74) is 3.53. The molecule has 2 heterocycles. The first-order valence-corrected chi connectivity index (χ1v) is 8.40. The minimum absolute atomic E-state index is 0.0301. The van der Waals surface area contributed by atoms with Crippen LogP contribution in [-0.4, -0.2) is 35.6 Å². The van der Waals surface area contributed by atoms with Crippen molar-refractivity contribution >= 4 is 35.6 Å². The number of hydrogen-bond acceptors (Lipinski definition) is 6. The highest BCUT2D eigenvalue weighted by atomic mass is 35.5. The molecule has 0 fully saturated rings. The summed E-state index contributed by atoms with van der Waals surface area (Å²) in [5.74, 6) is -1.26. The third-order valence-electron chi connectivity index (χ3n) is 4.34. The molecule has 2 aliphatic heterocycles. The predicted octanol–water partition coefficient (Wildman–Crippen LogP) is 2.67. The Balaban J connectivity index is 1.52. The van der Waals surface area contributed by atoms with Crippen LogP contribution < -0.4 is 0 Å². The zero-order valence-electron chi connectivity index (χ0n) is 13.3. The number of fused-ring (bicyclic) bond motifs is 2. The van der Waals surface area contributed by atoms with E-state index in [-0.39, 0.29) is 12.1 Å². The van der Waals surface area contributed by atoms with Crippen LogP contribution in [0.25, 0.3) is 6.08 Å². The molecule has 0 amide bonds. The molecule has 1 atom stereocenters. The van der Waals surface area contributed by atoms with Crippen molar-refractivity contribution in [2.24, 2.45) is 4.99 Å². The van der Waals surface area contributed by atoms with E-state index in [0.29, 0.717) is 13.0 Å². The maximum atomic E-state index is 11.6. The molecule has 6 nitrogen and oxygen atoms in total. The van der Waals surface area contributed by atoms with E-state index in [1.807, 2.05) is 12.1 Å². The summed E-state index contributed by atoms with van der Waals surface area (Å²) in [6.45, 7) is 0.356. The van der Waals surface area contributed by atoms with Crippen LogP contribution in [0.3, 0.4) is 0 Å². The average Bonchev–Trinajstić information content (AvgIpc) is 2.93. The summed E-state index contributed by atoms with van der Waals surface area (Å²) < 4.78 is 5.09. The van der Waals surface area contributed by atoms with Crippen molar-refractivity contribution < 1.29 is 19.2 Å². The molecular formula is C18H15ClN2O4. The van der Waals surface area contributed by atoms with Crippen molar-refractivity contribution in [3.63, 3.8) is 0 Å². The molecule has 4 rings (SSSR count). The number of esters is 1. The summed E-state index contributed by atoms with van der Waals surface area (Å²) in [6.07, 6.45) is 6.72. The van der Waals surface area contributed by atoms with Gasteiger partial charge in [-0.1, -0.05) is 35.4 Å². The number of carbonyl (C=O) groups is 2. The second-order valence-corrected chi connectivity index (χ2v) is 6.52. The smallest absolute Gasteiger partial charge is 0.356 e.